The van der Waals surface area contributed by atoms with Crippen LogP contribution in [0.5, 0.6) is 0 Å². The first kappa shape index (κ1) is 13.2. The van der Waals surface area contributed by atoms with Gasteiger partial charge < -0.3 is 10.2 Å². The number of aliphatic hydroxyl groups excluding tert-OH is 2. The van der Waals surface area contributed by atoms with Crippen molar-refractivity contribution in [3.05, 3.63) is 0 Å². The van der Waals surface area contributed by atoms with Crippen molar-refractivity contribution in [2.45, 2.75) is 63.3 Å². The number of hydrogen-bond acceptors (Lipinski definition) is 3. The highest BCUT2D eigenvalue weighted by atomic mass is 19.3. The van der Waals surface area contributed by atoms with Crippen molar-refractivity contribution in [1.82, 2.24) is 4.90 Å². The molecule has 5 heteroatoms. The molecule has 0 aromatic carbocycles. The van der Waals surface area contributed by atoms with Crippen LogP contribution < -0.4 is 0 Å². The molecule has 2 heterocycles. The van der Waals surface area contributed by atoms with Crippen molar-refractivity contribution in [2.24, 2.45) is 5.92 Å². The second-order valence-corrected chi connectivity index (χ2v) is 5.41. The second-order valence-electron chi connectivity index (χ2n) is 5.41. The van der Waals surface area contributed by atoms with E-state index >= 15 is 0 Å². The van der Waals surface area contributed by atoms with E-state index in [1.807, 2.05) is 6.92 Å². The average molecular weight is 249 g/mol. The third kappa shape index (κ3) is 1.88. The van der Waals surface area contributed by atoms with Crippen molar-refractivity contribution in [3.63, 3.8) is 0 Å². The standard InChI is InChI=1S/C12H21F2NO2/c1-3-4-5-8-9(16)10(17)11-12(13,14)7(2)6-15(8)11/h7-11,16-17H,3-6H2,1-2H3/t7-,8+,9+,10-,11-/m1/s1. The molecule has 0 aliphatic carbocycles. The molecule has 3 nitrogen and oxygen atoms in total. The first-order valence-electron chi connectivity index (χ1n) is 6.41. The van der Waals surface area contributed by atoms with Crippen molar-refractivity contribution >= 4 is 0 Å². The minimum absolute atomic E-state index is 0.264. The molecule has 0 bridgehead atoms. The van der Waals surface area contributed by atoms with Crippen LogP contribution in [0.1, 0.15) is 33.1 Å². The van der Waals surface area contributed by atoms with Crippen molar-refractivity contribution < 1.29 is 19.0 Å². The molecule has 0 amide bonds. The first-order valence-corrected chi connectivity index (χ1v) is 6.41. The third-order valence-corrected chi connectivity index (χ3v) is 4.24. The Balaban J connectivity index is 2.18. The largest absolute Gasteiger partial charge is 0.389 e. The van der Waals surface area contributed by atoms with Crippen LogP contribution in [-0.2, 0) is 0 Å². The van der Waals surface area contributed by atoms with Crippen LogP contribution in [0.15, 0.2) is 0 Å². The molecular formula is C12H21F2NO2. The maximum atomic E-state index is 13.9. The molecule has 2 aliphatic rings. The smallest absolute Gasteiger partial charge is 0.269 e. The lowest BCUT2D eigenvalue weighted by Crippen LogP contribution is -2.44. The molecule has 5 atom stereocenters. The molecule has 17 heavy (non-hydrogen) atoms. The quantitative estimate of drug-likeness (QED) is 0.791. The Morgan fingerprint density at radius 3 is 2.53 bits per heavy atom. The van der Waals surface area contributed by atoms with Gasteiger partial charge in [0.05, 0.1) is 6.10 Å². The predicted molar refractivity (Wildman–Crippen MR) is 59.9 cm³/mol. The van der Waals surface area contributed by atoms with Gasteiger partial charge in [0.1, 0.15) is 12.1 Å². The summed E-state index contributed by atoms with van der Waals surface area (Å²) in [6.07, 6.45) is 0.164. The van der Waals surface area contributed by atoms with Gasteiger partial charge in [-0.15, -0.1) is 0 Å². The van der Waals surface area contributed by atoms with Crippen LogP contribution in [0.2, 0.25) is 0 Å². The van der Waals surface area contributed by atoms with Crippen molar-refractivity contribution in [2.75, 3.05) is 6.54 Å². The molecule has 0 aromatic heterocycles. The number of fused-ring (bicyclic) bond motifs is 1. The summed E-state index contributed by atoms with van der Waals surface area (Å²) < 4.78 is 27.8. The predicted octanol–water partition coefficient (Wildman–Crippen LogP) is 1.24. The average Bonchev–Trinajstić information content (AvgIpc) is 2.62. The van der Waals surface area contributed by atoms with Gasteiger partial charge in [0.25, 0.3) is 5.92 Å². The summed E-state index contributed by atoms with van der Waals surface area (Å²) in [5, 5.41) is 19.7. The second kappa shape index (κ2) is 4.44. The zero-order chi connectivity index (χ0) is 12.8. The van der Waals surface area contributed by atoms with E-state index in [1.54, 1.807) is 4.90 Å². The van der Waals surface area contributed by atoms with Crippen LogP contribution in [0.25, 0.3) is 0 Å². The Hall–Kier alpha value is -0.260. The minimum atomic E-state index is -2.90. The summed E-state index contributed by atoms with van der Waals surface area (Å²) >= 11 is 0. The molecule has 2 N–H and O–H groups in total. The number of alkyl halides is 2. The van der Waals surface area contributed by atoms with Crippen molar-refractivity contribution in [3.8, 4) is 0 Å². The van der Waals surface area contributed by atoms with Gasteiger partial charge in [-0.05, 0) is 6.42 Å². The summed E-state index contributed by atoms with van der Waals surface area (Å²) in [6, 6.07) is -1.51. The summed E-state index contributed by atoms with van der Waals surface area (Å²) in [5.41, 5.74) is 0. The van der Waals surface area contributed by atoms with E-state index in [2.05, 4.69) is 0 Å². The Morgan fingerprint density at radius 1 is 1.29 bits per heavy atom. The molecule has 0 saturated carbocycles. The van der Waals surface area contributed by atoms with Gasteiger partial charge in [-0.3, -0.25) is 4.90 Å². The molecule has 2 rings (SSSR count). The summed E-state index contributed by atoms with van der Waals surface area (Å²) in [6.45, 7) is 3.80. The van der Waals surface area contributed by atoms with Crippen LogP contribution in [0, 0.1) is 5.92 Å². The Labute approximate surface area is 100 Å². The van der Waals surface area contributed by atoms with Gasteiger partial charge in [0.15, 0.2) is 0 Å². The molecule has 2 saturated heterocycles. The lowest BCUT2D eigenvalue weighted by atomic mass is 9.95. The summed E-state index contributed by atoms with van der Waals surface area (Å²) in [5.74, 6) is -3.65. The number of rotatable bonds is 3. The van der Waals surface area contributed by atoms with Gasteiger partial charge >= 0.3 is 0 Å². The molecule has 0 unspecified atom stereocenters. The van der Waals surface area contributed by atoms with Gasteiger partial charge in [-0.1, -0.05) is 26.7 Å². The first-order chi connectivity index (χ1) is 7.91. The molecule has 0 radical (unpaired) electrons. The Bertz CT molecular complexity index is 288. The van der Waals surface area contributed by atoms with E-state index in [9.17, 15) is 19.0 Å². The zero-order valence-electron chi connectivity index (χ0n) is 10.3. The highest BCUT2D eigenvalue weighted by Crippen LogP contribution is 2.46. The SMILES string of the molecule is CCCC[C@H]1[C@H](O)[C@@H](O)[C@H]2N1C[C@@H](C)C2(F)F. The Kier molecular flexibility index (Phi) is 3.45. The monoisotopic (exact) mass is 249 g/mol. The molecule has 0 aromatic rings. The fraction of sp³-hybridized carbons (Fsp3) is 1.00. The van der Waals surface area contributed by atoms with E-state index in [0.29, 0.717) is 6.42 Å². The number of aliphatic hydroxyl groups is 2. The minimum Gasteiger partial charge on any atom is -0.389 e. The Morgan fingerprint density at radius 2 is 1.94 bits per heavy atom. The lowest BCUT2D eigenvalue weighted by Gasteiger charge is -2.25. The number of hydrogen-bond donors (Lipinski definition) is 2. The summed E-state index contributed by atoms with van der Waals surface area (Å²) in [7, 11) is 0. The van der Waals surface area contributed by atoms with E-state index in [1.165, 1.54) is 6.92 Å². The third-order valence-electron chi connectivity index (χ3n) is 4.24. The number of nitrogens with zero attached hydrogens (tertiary/aromatic N) is 1. The number of unbranched alkanes of at least 4 members (excludes halogenated alkanes) is 1. The van der Waals surface area contributed by atoms with Gasteiger partial charge in [0.2, 0.25) is 0 Å². The van der Waals surface area contributed by atoms with Gasteiger partial charge in [-0.25, -0.2) is 8.78 Å². The van der Waals surface area contributed by atoms with E-state index in [4.69, 9.17) is 0 Å². The van der Waals surface area contributed by atoms with Gasteiger partial charge in [-0.2, -0.15) is 0 Å². The van der Waals surface area contributed by atoms with E-state index in [0.717, 1.165) is 12.8 Å². The van der Waals surface area contributed by atoms with Crippen molar-refractivity contribution in [1.29, 1.82) is 0 Å². The zero-order valence-corrected chi connectivity index (χ0v) is 10.3. The highest BCUT2D eigenvalue weighted by molar-refractivity contribution is 5.12. The topological polar surface area (TPSA) is 43.7 Å². The summed E-state index contributed by atoms with van der Waals surface area (Å²) in [4.78, 5) is 1.62. The molecule has 0 spiro atoms. The van der Waals surface area contributed by atoms with Crippen LogP contribution in [0.4, 0.5) is 8.78 Å². The van der Waals surface area contributed by atoms with Gasteiger partial charge in [0, 0.05) is 18.5 Å². The van der Waals surface area contributed by atoms with E-state index in [-0.39, 0.29) is 12.6 Å². The van der Waals surface area contributed by atoms with Crippen LogP contribution in [0.3, 0.4) is 0 Å². The van der Waals surface area contributed by atoms with Crippen LogP contribution in [-0.4, -0.2) is 51.9 Å². The number of halogens is 2. The molecule has 2 aliphatic heterocycles. The lowest BCUT2D eigenvalue weighted by molar-refractivity contribution is -0.0939. The molecular weight excluding hydrogens is 228 g/mol. The fourth-order valence-electron chi connectivity index (χ4n) is 3.19. The molecule has 100 valence electrons. The molecule has 2 fully saturated rings. The maximum absolute atomic E-state index is 13.9. The van der Waals surface area contributed by atoms with E-state index < -0.39 is 30.1 Å². The highest BCUT2D eigenvalue weighted by Gasteiger charge is 2.64. The fourth-order valence-corrected chi connectivity index (χ4v) is 3.19. The van der Waals surface area contributed by atoms with Crippen LogP contribution >= 0.6 is 0 Å². The maximum Gasteiger partial charge on any atom is 0.269 e. The normalized spacial score (nSPS) is 45.2.